The van der Waals surface area contributed by atoms with E-state index in [0.29, 0.717) is 36.3 Å². The fraction of sp³-hybridized carbons (Fsp3) is 0.222. The van der Waals surface area contributed by atoms with E-state index in [0.717, 1.165) is 17.0 Å². The van der Waals surface area contributed by atoms with Gasteiger partial charge in [-0.25, -0.2) is 9.83 Å². The number of hydrogen-bond acceptors (Lipinski definition) is 6. The highest BCUT2D eigenvalue weighted by Gasteiger charge is 2.11. The van der Waals surface area contributed by atoms with E-state index in [1.54, 1.807) is 24.5 Å². The maximum Gasteiger partial charge on any atom is 0.231 e. The second kappa shape index (κ2) is 7.98. The molecular formula is C18H19N7O. The van der Waals surface area contributed by atoms with E-state index in [1.165, 1.54) is 0 Å². The average Bonchev–Trinajstić information content (AvgIpc) is 3.04. The number of H-pyrrole nitrogens is 1. The van der Waals surface area contributed by atoms with E-state index in [-0.39, 0.29) is 0 Å². The summed E-state index contributed by atoms with van der Waals surface area (Å²) in [4.78, 5) is 12.0. The zero-order valence-electron chi connectivity index (χ0n) is 14.6. The minimum Gasteiger partial charge on any atom is -0.492 e. The molecule has 0 radical (unpaired) electrons. The van der Waals surface area contributed by atoms with E-state index in [4.69, 9.17) is 11.3 Å². The molecule has 0 aliphatic carbocycles. The largest absolute Gasteiger partial charge is 0.492 e. The number of rotatable bonds is 7. The Balaban J connectivity index is 1.67. The molecule has 26 heavy (non-hydrogen) atoms. The van der Waals surface area contributed by atoms with Crippen molar-refractivity contribution in [3.63, 3.8) is 0 Å². The van der Waals surface area contributed by atoms with Crippen LogP contribution in [0.1, 0.15) is 11.3 Å². The summed E-state index contributed by atoms with van der Waals surface area (Å²) in [6.07, 6.45) is 3.35. The van der Waals surface area contributed by atoms with Gasteiger partial charge in [-0.3, -0.25) is 10.1 Å². The molecule has 0 unspecified atom stereocenters. The van der Waals surface area contributed by atoms with Gasteiger partial charge >= 0.3 is 0 Å². The van der Waals surface area contributed by atoms with Crippen LogP contribution < -0.4 is 15.4 Å². The Kier molecular flexibility index (Phi) is 5.29. The first-order valence-corrected chi connectivity index (χ1v) is 8.10. The summed E-state index contributed by atoms with van der Waals surface area (Å²) in [5, 5.41) is 13.3. The van der Waals surface area contributed by atoms with Crippen molar-refractivity contribution >= 4 is 23.1 Å². The van der Waals surface area contributed by atoms with Gasteiger partial charge in [-0.05, 0) is 37.6 Å². The molecule has 3 N–H and O–H groups in total. The topological polar surface area (TPSA) is 92.1 Å². The van der Waals surface area contributed by atoms with Gasteiger partial charge in [0, 0.05) is 30.7 Å². The first kappa shape index (κ1) is 17.2. The monoisotopic (exact) mass is 349 g/mol. The lowest BCUT2D eigenvalue weighted by atomic mass is 10.2. The van der Waals surface area contributed by atoms with Crippen LogP contribution in [0, 0.1) is 20.4 Å². The third-order valence-electron chi connectivity index (χ3n) is 3.57. The van der Waals surface area contributed by atoms with E-state index in [9.17, 15) is 0 Å². The third-order valence-corrected chi connectivity index (χ3v) is 3.57. The average molecular weight is 349 g/mol. The molecule has 3 rings (SSSR count). The van der Waals surface area contributed by atoms with Crippen molar-refractivity contribution in [1.29, 1.82) is 0 Å². The minimum atomic E-state index is 0.443. The Morgan fingerprint density at radius 3 is 2.69 bits per heavy atom. The smallest absolute Gasteiger partial charge is 0.231 e. The predicted octanol–water partition coefficient (Wildman–Crippen LogP) is 3.60. The van der Waals surface area contributed by atoms with E-state index in [2.05, 4.69) is 35.6 Å². The Labute approximate surface area is 151 Å². The highest BCUT2D eigenvalue weighted by atomic mass is 16.5. The van der Waals surface area contributed by atoms with Crippen LogP contribution in [0.15, 0.2) is 36.7 Å². The van der Waals surface area contributed by atoms with Gasteiger partial charge in [0.25, 0.3) is 0 Å². The summed E-state index contributed by atoms with van der Waals surface area (Å²) in [6, 6.07) is 7.30. The fourth-order valence-electron chi connectivity index (χ4n) is 2.38. The molecule has 8 heteroatoms. The summed E-state index contributed by atoms with van der Waals surface area (Å²) in [6.45, 7) is 12.2. The van der Waals surface area contributed by atoms with Gasteiger partial charge in [0.05, 0.1) is 6.57 Å². The highest BCUT2D eigenvalue weighted by molar-refractivity contribution is 5.73. The number of aromatic amines is 1. The number of nitrogens with one attached hydrogen (secondary N) is 3. The van der Waals surface area contributed by atoms with Crippen LogP contribution in [-0.4, -0.2) is 33.3 Å². The molecule has 3 heterocycles. The molecule has 0 aliphatic heterocycles. The maximum atomic E-state index is 7.40. The van der Waals surface area contributed by atoms with Crippen LogP contribution in [0.5, 0.6) is 5.75 Å². The molecule has 0 fully saturated rings. The lowest BCUT2D eigenvalue weighted by Gasteiger charge is -2.13. The lowest BCUT2D eigenvalue weighted by molar-refractivity contribution is 0.332. The Bertz CT molecular complexity index is 915. The lowest BCUT2D eigenvalue weighted by Crippen LogP contribution is -2.13. The zero-order valence-corrected chi connectivity index (χ0v) is 14.6. The number of anilines is 3. The predicted molar refractivity (Wildman–Crippen MR) is 100 cm³/mol. The number of hydrogen-bond donors (Lipinski definition) is 3. The number of ether oxygens (including phenoxy) is 1. The second-order valence-electron chi connectivity index (χ2n) is 5.65. The third kappa shape index (κ3) is 4.27. The molecular weight excluding hydrogens is 330 g/mol. The van der Waals surface area contributed by atoms with Crippen molar-refractivity contribution in [3.8, 4) is 5.75 Å². The molecule has 132 valence electrons. The molecule has 0 saturated heterocycles. The first-order chi connectivity index (χ1) is 12.7. The molecule has 3 aromatic rings. The van der Waals surface area contributed by atoms with Crippen LogP contribution in [0.25, 0.3) is 4.85 Å². The van der Waals surface area contributed by atoms with Crippen LogP contribution in [0.3, 0.4) is 0 Å². The summed E-state index contributed by atoms with van der Waals surface area (Å²) in [7, 11) is 0. The number of aromatic nitrogens is 4. The van der Waals surface area contributed by atoms with Crippen molar-refractivity contribution < 1.29 is 4.74 Å². The molecule has 0 saturated carbocycles. The number of pyridine rings is 2. The van der Waals surface area contributed by atoms with Gasteiger partial charge in [-0.2, -0.15) is 5.10 Å². The van der Waals surface area contributed by atoms with Gasteiger partial charge < -0.3 is 15.4 Å². The molecule has 0 atom stereocenters. The molecule has 0 aromatic carbocycles. The quantitative estimate of drug-likeness (QED) is 0.446. The zero-order chi connectivity index (χ0) is 18.4. The van der Waals surface area contributed by atoms with Crippen molar-refractivity contribution in [2.45, 2.75) is 13.8 Å². The molecule has 8 nitrogen and oxygen atoms in total. The molecule has 0 spiro atoms. The fourth-order valence-corrected chi connectivity index (χ4v) is 2.38. The van der Waals surface area contributed by atoms with Gasteiger partial charge in [-0.15, -0.1) is 0 Å². The van der Waals surface area contributed by atoms with Gasteiger partial charge in [0.1, 0.15) is 24.0 Å². The van der Waals surface area contributed by atoms with Crippen molar-refractivity contribution in [3.05, 3.63) is 59.3 Å². The summed E-state index contributed by atoms with van der Waals surface area (Å²) >= 11 is 0. The van der Waals surface area contributed by atoms with Crippen molar-refractivity contribution in [2.75, 3.05) is 23.8 Å². The first-order valence-electron chi connectivity index (χ1n) is 8.10. The number of nitrogens with zero attached hydrogens (tertiary/aromatic N) is 4. The van der Waals surface area contributed by atoms with Crippen LogP contribution in [0.2, 0.25) is 0 Å². The Morgan fingerprint density at radius 1 is 1.19 bits per heavy atom. The summed E-state index contributed by atoms with van der Waals surface area (Å²) < 4.78 is 5.62. The van der Waals surface area contributed by atoms with Crippen molar-refractivity contribution in [2.24, 2.45) is 0 Å². The van der Waals surface area contributed by atoms with Crippen LogP contribution in [-0.2, 0) is 0 Å². The SMILES string of the molecule is [C-]#[N+]c1c(C)cc(Nc2cc(C)[nH]n2)nc1NCCOc1ccncc1. The molecule has 0 amide bonds. The van der Waals surface area contributed by atoms with Crippen LogP contribution >= 0.6 is 0 Å². The minimum absolute atomic E-state index is 0.443. The van der Waals surface area contributed by atoms with E-state index >= 15 is 0 Å². The highest BCUT2D eigenvalue weighted by Crippen LogP contribution is 2.30. The van der Waals surface area contributed by atoms with Crippen LogP contribution in [0.4, 0.5) is 23.1 Å². The number of aryl methyl sites for hydroxylation is 2. The summed E-state index contributed by atoms with van der Waals surface area (Å²) in [5.41, 5.74) is 2.29. The second-order valence-corrected chi connectivity index (χ2v) is 5.65. The van der Waals surface area contributed by atoms with E-state index in [1.807, 2.05) is 26.0 Å². The molecule has 0 bridgehead atoms. The van der Waals surface area contributed by atoms with Gasteiger partial charge in [0.2, 0.25) is 5.69 Å². The van der Waals surface area contributed by atoms with E-state index < -0.39 is 0 Å². The normalized spacial score (nSPS) is 10.2. The summed E-state index contributed by atoms with van der Waals surface area (Å²) in [5.74, 6) is 2.57. The molecule has 3 aromatic heterocycles. The Hall–Kier alpha value is -3.60. The van der Waals surface area contributed by atoms with Gasteiger partial charge in [-0.1, -0.05) is 0 Å². The molecule has 0 aliphatic rings. The Morgan fingerprint density at radius 2 is 2.00 bits per heavy atom. The van der Waals surface area contributed by atoms with Gasteiger partial charge in [0.15, 0.2) is 5.82 Å². The van der Waals surface area contributed by atoms with Crippen molar-refractivity contribution in [1.82, 2.24) is 20.2 Å². The standard InChI is InChI=1S/C18H19N7O/c1-12-10-15(22-16-11-13(2)24-25-16)23-18(17(12)19-3)21-8-9-26-14-4-6-20-7-5-14/h4-7,10-11H,8-9H2,1-2H3,(H3,21,22,23,24,25). The maximum absolute atomic E-state index is 7.40.